The van der Waals surface area contributed by atoms with Crippen LogP contribution >= 0.6 is 28.0 Å². The number of rotatable bonds is 5. The van der Waals surface area contributed by atoms with Crippen LogP contribution in [0.15, 0.2) is 96.6 Å². The number of hydrogen-bond donors (Lipinski definition) is 0. The molecule has 1 aliphatic heterocycles. The van der Waals surface area contributed by atoms with E-state index in [9.17, 15) is 0 Å². The Bertz CT molecular complexity index is 1610. The minimum absolute atomic E-state index is 0.777. The topological polar surface area (TPSA) is 6.48 Å². The molecule has 0 unspecified atom stereocenters. The molecule has 0 aliphatic carbocycles. The summed E-state index contributed by atoms with van der Waals surface area (Å²) in [6.45, 7) is 19.0. The second-order valence-corrected chi connectivity index (χ2v) is 22.4. The Kier molecular flexibility index (Phi) is 11.9. The molecule has 5 rings (SSSR count). The Morgan fingerprint density at radius 2 is 1.00 bits per heavy atom. The minimum atomic E-state index is -3.33. The molecule has 1 heterocycles. The Morgan fingerprint density at radius 3 is 1.34 bits per heavy atom. The van der Waals surface area contributed by atoms with Crippen molar-refractivity contribution in [2.75, 3.05) is 22.9 Å². The summed E-state index contributed by atoms with van der Waals surface area (Å²) in [6, 6.07) is 30.2. The maximum absolute atomic E-state index is 7.26. The molecule has 44 heavy (non-hydrogen) atoms. The third-order valence-electron chi connectivity index (χ3n) is 7.38. The van der Waals surface area contributed by atoms with E-state index in [0.717, 1.165) is 26.0 Å². The molecule has 0 aromatic heterocycles. The van der Waals surface area contributed by atoms with Gasteiger partial charge in [-0.2, -0.15) is 0 Å². The summed E-state index contributed by atoms with van der Waals surface area (Å²) in [5.74, 6) is 0. The molecule has 0 radical (unpaired) electrons. The van der Waals surface area contributed by atoms with Crippen LogP contribution in [-0.2, 0) is 11.9 Å². The first kappa shape index (κ1) is 34.5. The first-order valence-corrected chi connectivity index (χ1v) is 22.3. The van der Waals surface area contributed by atoms with Crippen LogP contribution in [0.2, 0.25) is 0 Å². The van der Waals surface area contributed by atoms with E-state index in [2.05, 4.69) is 161 Å². The standard InChI is InChI=1S/C21H26N2.C12H11P.C5H8.2ClH.Ru/c1-14-9-16(3)20(17(4)10-14)22-7-8-23(13-22)21-18(5)11-15(2)12-19(21)6;1-3-7-11(8-4-1)13-12-9-5-2-6-10-12;1-4-5(2)3;;;/h9-12H,7-8H2,1-6H3;1-10,13H;1,4H,2-3H3;2*1H;/q;;;;;+2/p-2. The quantitative estimate of drug-likeness (QED) is 0.149. The zero-order valence-electron chi connectivity index (χ0n) is 27.2. The van der Waals surface area contributed by atoms with E-state index >= 15 is 0 Å². The number of aryl methyl sites for hydroxylation is 6. The first-order valence-electron chi connectivity index (χ1n) is 14.9. The second-order valence-electron chi connectivity index (χ2n) is 11.7. The van der Waals surface area contributed by atoms with Gasteiger partial charge >= 0.3 is 199 Å². The van der Waals surface area contributed by atoms with Gasteiger partial charge in [0.05, 0.1) is 0 Å². The molecule has 0 bridgehead atoms. The molecular formula is C38H45Cl2N2PRu. The average molecular weight is 733 g/mol. The number of benzene rings is 4. The van der Waals surface area contributed by atoms with Crippen molar-refractivity contribution in [1.82, 2.24) is 0 Å². The molecule has 0 N–H and O–H groups in total. The van der Waals surface area contributed by atoms with Gasteiger partial charge in [-0.05, 0) is 10.6 Å². The van der Waals surface area contributed by atoms with Crippen molar-refractivity contribution in [1.29, 1.82) is 0 Å². The predicted molar refractivity (Wildman–Crippen MR) is 199 cm³/mol. The van der Waals surface area contributed by atoms with Crippen LogP contribution in [0.5, 0.6) is 0 Å². The normalized spacial score (nSPS) is 13.4. The van der Waals surface area contributed by atoms with Crippen molar-refractivity contribution < 1.29 is 11.9 Å². The molecule has 1 saturated heterocycles. The van der Waals surface area contributed by atoms with Crippen LogP contribution in [0.4, 0.5) is 11.4 Å². The third kappa shape index (κ3) is 8.64. The predicted octanol–water partition coefficient (Wildman–Crippen LogP) is 9.50. The summed E-state index contributed by atoms with van der Waals surface area (Å²) in [5.41, 5.74) is 11.3. The molecule has 2 nitrogen and oxygen atoms in total. The molecular weight excluding hydrogens is 687 g/mol. The summed E-state index contributed by atoms with van der Waals surface area (Å²) in [5, 5.41) is 2.79. The molecule has 6 heteroatoms. The number of nitrogens with zero attached hydrogens (tertiary/aromatic N) is 2. The van der Waals surface area contributed by atoms with Crippen molar-refractivity contribution in [2.24, 2.45) is 0 Å². The first-order chi connectivity index (χ1) is 20.9. The van der Waals surface area contributed by atoms with Gasteiger partial charge in [0.2, 0.25) is 0 Å². The van der Waals surface area contributed by atoms with Crippen molar-refractivity contribution in [3.8, 4) is 0 Å². The van der Waals surface area contributed by atoms with E-state index in [-0.39, 0.29) is 0 Å². The Hall–Kier alpha value is -2.41. The van der Waals surface area contributed by atoms with Crippen LogP contribution < -0.4 is 20.4 Å². The number of hydrogen-bond acceptors (Lipinski definition) is 2. The molecule has 0 saturated carbocycles. The van der Waals surface area contributed by atoms with E-state index in [1.807, 2.05) is 0 Å². The van der Waals surface area contributed by atoms with Crippen molar-refractivity contribution in [3.05, 3.63) is 130 Å². The summed E-state index contributed by atoms with van der Waals surface area (Å²) in [6.07, 6.45) is 2.08. The number of halogens is 2. The molecule has 0 spiro atoms. The van der Waals surface area contributed by atoms with Gasteiger partial charge in [0.15, 0.2) is 0 Å². The van der Waals surface area contributed by atoms with Gasteiger partial charge < -0.3 is 0 Å². The number of allylic oxidation sites excluding steroid dienone is 2. The largest absolute Gasteiger partial charge is 0.0622 e. The fraction of sp³-hybridized carbons (Fsp3) is 0.263. The smallest absolute Gasteiger partial charge is 0.0226 e. The minimum Gasteiger partial charge on any atom is -0.0622 e. The van der Waals surface area contributed by atoms with Crippen LogP contribution in [-0.4, -0.2) is 22.1 Å². The Balaban J connectivity index is 0.000000281. The maximum atomic E-state index is 7.26. The molecule has 0 atom stereocenters. The summed E-state index contributed by atoms with van der Waals surface area (Å²) < 4.78 is 3.15. The van der Waals surface area contributed by atoms with Crippen molar-refractivity contribution in [3.63, 3.8) is 0 Å². The van der Waals surface area contributed by atoms with Crippen LogP contribution in [0, 0.1) is 41.5 Å². The molecule has 4 aromatic rings. The van der Waals surface area contributed by atoms with Gasteiger partial charge in [-0.1, -0.05) is 69.2 Å². The van der Waals surface area contributed by atoms with E-state index < -0.39 is 11.9 Å². The van der Waals surface area contributed by atoms with Crippen LogP contribution in [0.3, 0.4) is 0 Å². The van der Waals surface area contributed by atoms with Gasteiger partial charge in [0, 0.05) is 0 Å². The zero-order valence-corrected chi connectivity index (χ0v) is 31.4. The van der Waals surface area contributed by atoms with E-state index in [1.165, 1.54) is 60.9 Å². The third-order valence-corrected chi connectivity index (χ3v) is 14.1. The molecule has 4 aromatic carbocycles. The monoisotopic (exact) mass is 732 g/mol. The molecule has 0 amide bonds. The fourth-order valence-electron chi connectivity index (χ4n) is 5.83. The SMILES string of the molecule is CC(C)=C[CH]=[Ru]([Cl])([Cl])=[C]1N(c2c(C)cc(C)cc2C)CCN1c1c(C)cc(C)cc1C.c1ccc(Pc2ccccc2)cc1. The molecule has 1 fully saturated rings. The second kappa shape index (κ2) is 15.3. The van der Waals surface area contributed by atoms with E-state index in [1.54, 1.807) is 0 Å². The van der Waals surface area contributed by atoms with Crippen LogP contribution in [0.1, 0.15) is 47.2 Å². The number of anilines is 2. The van der Waals surface area contributed by atoms with E-state index in [4.69, 9.17) is 19.4 Å². The van der Waals surface area contributed by atoms with Crippen molar-refractivity contribution in [2.45, 2.75) is 55.4 Å². The van der Waals surface area contributed by atoms with Gasteiger partial charge in [0.1, 0.15) is 0 Å². The summed E-state index contributed by atoms with van der Waals surface area (Å²) in [7, 11) is 15.3. The fourth-order valence-corrected chi connectivity index (χ4v) is 12.3. The Labute approximate surface area is 277 Å². The summed E-state index contributed by atoms with van der Waals surface area (Å²) >= 11 is -3.33. The van der Waals surface area contributed by atoms with E-state index in [0.29, 0.717) is 0 Å². The van der Waals surface area contributed by atoms with Crippen molar-refractivity contribution >= 4 is 58.9 Å². The van der Waals surface area contributed by atoms with Crippen LogP contribution in [0.25, 0.3) is 0 Å². The zero-order chi connectivity index (χ0) is 32.0. The molecule has 234 valence electrons. The molecule has 1 aliphatic rings. The van der Waals surface area contributed by atoms with Gasteiger partial charge in [0.25, 0.3) is 0 Å². The maximum Gasteiger partial charge on any atom is -0.0226 e. The van der Waals surface area contributed by atoms with Gasteiger partial charge in [-0.25, -0.2) is 0 Å². The van der Waals surface area contributed by atoms with Gasteiger partial charge in [-0.3, -0.25) is 0 Å². The summed E-state index contributed by atoms with van der Waals surface area (Å²) in [4.78, 5) is 4.79. The average Bonchev–Trinajstić information content (AvgIpc) is 3.37. The van der Waals surface area contributed by atoms with Gasteiger partial charge in [-0.15, -0.1) is 0 Å². The Morgan fingerprint density at radius 1 is 0.636 bits per heavy atom.